The third-order valence-corrected chi connectivity index (χ3v) is 3.21. The number of hydrogen-bond acceptors (Lipinski definition) is 3. The molecule has 0 spiro atoms. The van der Waals surface area contributed by atoms with Crippen LogP contribution >= 0.6 is 0 Å². The van der Waals surface area contributed by atoms with Gasteiger partial charge in [-0.05, 0) is 39.3 Å². The quantitative estimate of drug-likeness (QED) is 0.813. The van der Waals surface area contributed by atoms with Crippen molar-refractivity contribution in [2.75, 3.05) is 0 Å². The SMILES string of the molecule is CCCC(C)NC(=O)C(C)Oc1ccc([C@@H](C)O)c(F)c1. The van der Waals surface area contributed by atoms with E-state index in [0.717, 1.165) is 12.8 Å². The lowest BCUT2D eigenvalue weighted by Gasteiger charge is -2.18. The lowest BCUT2D eigenvalue weighted by Crippen LogP contribution is -2.41. The maximum absolute atomic E-state index is 13.7. The van der Waals surface area contributed by atoms with Gasteiger partial charge in [0, 0.05) is 17.7 Å². The van der Waals surface area contributed by atoms with Crippen LogP contribution in [0.5, 0.6) is 5.75 Å². The van der Waals surface area contributed by atoms with Crippen molar-refractivity contribution in [2.45, 2.75) is 58.8 Å². The molecule has 0 heterocycles. The molecule has 0 saturated carbocycles. The van der Waals surface area contributed by atoms with Crippen molar-refractivity contribution < 1.29 is 19.0 Å². The number of benzene rings is 1. The van der Waals surface area contributed by atoms with E-state index in [-0.39, 0.29) is 23.3 Å². The molecule has 0 aliphatic rings. The maximum atomic E-state index is 13.7. The van der Waals surface area contributed by atoms with Crippen molar-refractivity contribution in [3.8, 4) is 5.75 Å². The van der Waals surface area contributed by atoms with Crippen LogP contribution < -0.4 is 10.1 Å². The monoisotopic (exact) mass is 297 g/mol. The number of halogens is 1. The van der Waals surface area contributed by atoms with E-state index in [1.165, 1.54) is 19.1 Å². The predicted octanol–water partition coefficient (Wildman–Crippen LogP) is 2.95. The topological polar surface area (TPSA) is 58.6 Å². The van der Waals surface area contributed by atoms with Crippen LogP contribution in [0.4, 0.5) is 4.39 Å². The minimum absolute atomic E-state index is 0.0860. The van der Waals surface area contributed by atoms with Gasteiger partial charge in [-0.15, -0.1) is 0 Å². The van der Waals surface area contributed by atoms with Crippen LogP contribution in [-0.4, -0.2) is 23.2 Å². The highest BCUT2D eigenvalue weighted by molar-refractivity contribution is 5.80. The molecule has 0 aliphatic carbocycles. The van der Waals surface area contributed by atoms with Crippen LogP contribution in [0.1, 0.15) is 52.2 Å². The van der Waals surface area contributed by atoms with Crippen LogP contribution in [0.2, 0.25) is 0 Å². The average Bonchev–Trinajstić information content (AvgIpc) is 2.38. The average molecular weight is 297 g/mol. The number of carbonyl (C=O) groups excluding carboxylic acids is 1. The number of carbonyl (C=O) groups is 1. The molecule has 0 radical (unpaired) electrons. The van der Waals surface area contributed by atoms with Gasteiger partial charge in [-0.1, -0.05) is 13.3 Å². The molecule has 1 amide bonds. The molecule has 21 heavy (non-hydrogen) atoms. The normalized spacial score (nSPS) is 15.1. The molecular weight excluding hydrogens is 273 g/mol. The minimum atomic E-state index is -0.880. The van der Waals surface area contributed by atoms with Gasteiger partial charge in [-0.3, -0.25) is 4.79 Å². The third kappa shape index (κ3) is 5.34. The molecule has 2 N–H and O–H groups in total. The van der Waals surface area contributed by atoms with E-state index in [1.807, 2.05) is 6.92 Å². The summed E-state index contributed by atoms with van der Waals surface area (Å²) in [6.45, 7) is 7.10. The summed E-state index contributed by atoms with van der Waals surface area (Å²) in [7, 11) is 0. The van der Waals surface area contributed by atoms with Gasteiger partial charge in [0.05, 0.1) is 6.10 Å². The van der Waals surface area contributed by atoms with E-state index in [9.17, 15) is 14.3 Å². The van der Waals surface area contributed by atoms with Gasteiger partial charge in [0.15, 0.2) is 6.10 Å². The number of hydrogen-bond donors (Lipinski definition) is 2. The molecule has 0 bridgehead atoms. The van der Waals surface area contributed by atoms with Gasteiger partial charge in [0.2, 0.25) is 0 Å². The molecule has 4 nitrogen and oxygen atoms in total. The summed E-state index contributed by atoms with van der Waals surface area (Å²) in [5.74, 6) is -0.506. The summed E-state index contributed by atoms with van der Waals surface area (Å²) < 4.78 is 19.2. The molecule has 0 aromatic heterocycles. The molecule has 1 aromatic rings. The van der Waals surface area contributed by atoms with E-state index >= 15 is 0 Å². The van der Waals surface area contributed by atoms with Crippen LogP contribution in [0, 0.1) is 5.82 Å². The molecule has 3 atom stereocenters. The second-order valence-electron chi connectivity index (χ2n) is 5.32. The first kappa shape index (κ1) is 17.4. The zero-order valence-electron chi connectivity index (χ0n) is 13.0. The Morgan fingerprint density at radius 1 is 1.38 bits per heavy atom. The van der Waals surface area contributed by atoms with E-state index in [2.05, 4.69) is 12.2 Å². The van der Waals surface area contributed by atoms with Gasteiger partial charge in [0.1, 0.15) is 11.6 Å². The lowest BCUT2D eigenvalue weighted by molar-refractivity contribution is -0.127. The number of aliphatic hydroxyl groups excluding tert-OH is 1. The van der Waals surface area contributed by atoms with Crippen molar-refractivity contribution in [2.24, 2.45) is 0 Å². The molecule has 5 heteroatoms. The van der Waals surface area contributed by atoms with Gasteiger partial charge in [-0.2, -0.15) is 0 Å². The Morgan fingerprint density at radius 2 is 2.05 bits per heavy atom. The van der Waals surface area contributed by atoms with Gasteiger partial charge < -0.3 is 15.2 Å². The predicted molar refractivity (Wildman–Crippen MR) is 79.6 cm³/mol. The van der Waals surface area contributed by atoms with Gasteiger partial charge in [-0.25, -0.2) is 4.39 Å². The summed E-state index contributed by atoms with van der Waals surface area (Å²) >= 11 is 0. The van der Waals surface area contributed by atoms with E-state index in [0.29, 0.717) is 0 Å². The largest absolute Gasteiger partial charge is 0.481 e. The molecule has 1 aromatic carbocycles. The minimum Gasteiger partial charge on any atom is -0.481 e. The molecule has 0 fully saturated rings. The number of ether oxygens (including phenoxy) is 1. The van der Waals surface area contributed by atoms with Crippen LogP contribution in [0.15, 0.2) is 18.2 Å². The Bertz CT molecular complexity index is 477. The molecular formula is C16H24FNO3. The van der Waals surface area contributed by atoms with Crippen LogP contribution in [0.3, 0.4) is 0 Å². The van der Waals surface area contributed by atoms with Gasteiger partial charge in [0.25, 0.3) is 5.91 Å². The Balaban J connectivity index is 2.64. The van der Waals surface area contributed by atoms with Crippen molar-refractivity contribution in [1.82, 2.24) is 5.32 Å². The highest BCUT2D eigenvalue weighted by Gasteiger charge is 2.17. The Morgan fingerprint density at radius 3 is 2.57 bits per heavy atom. The van der Waals surface area contributed by atoms with Crippen molar-refractivity contribution in [1.29, 1.82) is 0 Å². The zero-order valence-corrected chi connectivity index (χ0v) is 13.0. The smallest absolute Gasteiger partial charge is 0.260 e. The Hall–Kier alpha value is -1.62. The zero-order chi connectivity index (χ0) is 16.0. The summed E-state index contributed by atoms with van der Waals surface area (Å²) in [5.41, 5.74) is 0.205. The number of nitrogens with one attached hydrogen (secondary N) is 1. The fourth-order valence-corrected chi connectivity index (χ4v) is 2.04. The van der Waals surface area contributed by atoms with E-state index in [4.69, 9.17) is 4.74 Å². The molecule has 0 aliphatic heterocycles. The fourth-order valence-electron chi connectivity index (χ4n) is 2.04. The summed E-state index contributed by atoms with van der Waals surface area (Å²) in [4.78, 5) is 11.9. The highest BCUT2D eigenvalue weighted by Crippen LogP contribution is 2.22. The molecule has 0 saturated heterocycles. The summed E-state index contributed by atoms with van der Waals surface area (Å²) in [5, 5.41) is 12.2. The van der Waals surface area contributed by atoms with Crippen LogP contribution in [-0.2, 0) is 4.79 Å². The van der Waals surface area contributed by atoms with E-state index in [1.54, 1.807) is 13.0 Å². The lowest BCUT2D eigenvalue weighted by atomic mass is 10.1. The van der Waals surface area contributed by atoms with Crippen molar-refractivity contribution >= 4 is 5.91 Å². The van der Waals surface area contributed by atoms with E-state index < -0.39 is 18.0 Å². The Labute approximate surface area is 125 Å². The standard InChI is InChI=1S/C16H24FNO3/c1-5-6-10(2)18-16(20)12(4)21-13-7-8-14(11(3)19)15(17)9-13/h7-12,19H,5-6H2,1-4H3,(H,18,20)/t10?,11-,12?/m1/s1. The molecule has 1 rings (SSSR count). The van der Waals surface area contributed by atoms with Crippen molar-refractivity contribution in [3.63, 3.8) is 0 Å². The fraction of sp³-hybridized carbons (Fsp3) is 0.562. The second kappa shape index (κ2) is 7.98. The Kier molecular flexibility index (Phi) is 6.62. The van der Waals surface area contributed by atoms with Crippen LogP contribution in [0.25, 0.3) is 0 Å². The number of rotatable bonds is 7. The highest BCUT2D eigenvalue weighted by atomic mass is 19.1. The maximum Gasteiger partial charge on any atom is 0.260 e. The first-order valence-electron chi connectivity index (χ1n) is 7.29. The van der Waals surface area contributed by atoms with Crippen molar-refractivity contribution in [3.05, 3.63) is 29.6 Å². The number of amides is 1. The third-order valence-electron chi connectivity index (χ3n) is 3.21. The molecule has 2 unspecified atom stereocenters. The summed E-state index contributed by atoms with van der Waals surface area (Å²) in [6, 6.07) is 4.27. The first-order valence-corrected chi connectivity index (χ1v) is 7.29. The number of aliphatic hydroxyl groups is 1. The van der Waals surface area contributed by atoms with Gasteiger partial charge >= 0.3 is 0 Å². The second-order valence-corrected chi connectivity index (χ2v) is 5.32. The summed E-state index contributed by atoms with van der Waals surface area (Å²) in [6.07, 6.45) is 0.301. The molecule has 118 valence electrons. The first-order chi connectivity index (χ1) is 9.85.